The standard InChI is InChI=1S/C17H28N2O2/c1-14-11-15(12-18-8-10-20-3)6-7-17(14)19(2)13-16-5-4-9-21-16/h6-7,11,16,18H,4-5,8-10,12-13H2,1-3H3. The Morgan fingerprint density at radius 2 is 2.29 bits per heavy atom. The Bertz CT molecular complexity index is 431. The fourth-order valence-electron chi connectivity index (χ4n) is 2.85. The quantitative estimate of drug-likeness (QED) is 0.746. The highest BCUT2D eigenvalue weighted by Gasteiger charge is 2.18. The van der Waals surface area contributed by atoms with E-state index in [0.29, 0.717) is 6.10 Å². The molecular weight excluding hydrogens is 264 g/mol. The molecular formula is C17H28N2O2. The second-order valence-corrected chi connectivity index (χ2v) is 5.81. The van der Waals surface area contributed by atoms with Crippen molar-refractivity contribution in [3.8, 4) is 0 Å². The first-order chi connectivity index (χ1) is 10.2. The van der Waals surface area contributed by atoms with Crippen molar-refractivity contribution in [3.05, 3.63) is 29.3 Å². The van der Waals surface area contributed by atoms with E-state index in [1.807, 2.05) is 0 Å². The molecule has 0 bridgehead atoms. The van der Waals surface area contributed by atoms with Crippen molar-refractivity contribution in [1.29, 1.82) is 0 Å². The van der Waals surface area contributed by atoms with Crippen LogP contribution in [0.5, 0.6) is 0 Å². The number of nitrogens with zero attached hydrogens (tertiary/aromatic N) is 1. The van der Waals surface area contributed by atoms with Crippen LogP contribution in [-0.2, 0) is 16.0 Å². The number of aryl methyl sites for hydroxylation is 1. The van der Waals surface area contributed by atoms with Gasteiger partial charge in [0.1, 0.15) is 0 Å². The maximum absolute atomic E-state index is 5.72. The lowest BCUT2D eigenvalue weighted by atomic mass is 10.1. The van der Waals surface area contributed by atoms with Crippen molar-refractivity contribution >= 4 is 5.69 Å². The number of nitrogens with one attached hydrogen (secondary N) is 1. The highest BCUT2D eigenvalue weighted by atomic mass is 16.5. The molecule has 1 aliphatic rings. The lowest BCUT2D eigenvalue weighted by molar-refractivity contribution is 0.116. The molecule has 0 aliphatic carbocycles. The third kappa shape index (κ3) is 4.99. The molecule has 1 fully saturated rings. The molecule has 1 heterocycles. The van der Waals surface area contributed by atoms with Crippen LogP contribution in [0.3, 0.4) is 0 Å². The number of rotatable bonds is 8. The molecule has 1 unspecified atom stereocenters. The zero-order chi connectivity index (χ0) is 15.1. The lowest BCUT2D eigenvalue weighted by Gasteiger charge is -2.25. The molecule has 4 heteroatoms. The van der Waals surface area contributed by atoms with E-state index in [1.165, 1.54) is 29.7 Å². The summed E-state index contributed by atoms with van der Waals surface area (Å²) in [6, 6.07) is 6.69. The van der Waals surface area contributed by atoms with Gasteiger partial charge in [0.2, 0.25) is 0 Å². The SMILES string of the molecule is COCCNCc1ccc(N(C)CC2CCCO2)c(C)c1. The highest BCUT2D eigenvalue weighted by molar-refractivity contribution is 5.54. The van der Waals surface area contributed by atoms with Gasteiger partial charge < -0.3 is 19.7 Å². The number of benzene rings is 1. The van der Waals surface area contributed by atoms with Crippen LogP contribution < -0.4 is 10.2 Å². The number of anilines is 1. The smallest absolute Gasteiger partial charge is 0.0750 e. The second-order valence-electron chi connectivity index (χ2n) is 5.81. The predicted octanol–water partition coefficient (Wildman–Crippen LogP) is 2.35. The molecule has 0 radical (unpaired) electrons. The van der Waals surface area contributed by atoms with Crippen LogP contribution in [0.15, 0.2) is 18.2 Å². The molecule has 0 saturated carbocycles. The van der Waals surface area contributed by atoms with E-state index in [1.54, 1.807) is 7.11 Å². The summed E-state index contributed by atoms with van der Waals surface area (Å²) < 4.78 is 10.8. The Morgan fingerprint density at radius 3 is 2.95 bits per heavy atom. The molecule has 0 aromatic heterocycles. The fraction of sp³-hybridized carbons (Fsp3) is 0.647. The van der Waals surface area contributed by atoms with Crippen molar-refractivity contribution in [2.75, 3.05) is 45.4 Å². The number of methoxy groups -OCH3 is 1. The van der Waals surface area contributed by atoms with Gasteiger partial charge in [-0.25, -0.2) is 0 Å². The van der Waals surface area contributed by atoms with Crippen LogP contribution in [0, 0.1) is 6.92 Å². The third-order valence-electron chi connectivity index (χ3n) is 3.99. The van der Waals surface area contributed by atoms with Crippen LogP contribution in [0.25, 0.3) is 0 Å². The fourth-order valence-corrected chi connectivity index (χ4v) is 2.85. The number of ether oxygens (including phenoxy) is 2. The average molecular weight is 292 g/mol. The van der Waals surface area contributed by atoms with Crippen LogP contribution in [0.1, 0.15) is 24.0 Å². The van der Waals surface area contributed by atoms with E-state index < -0.39 is 0 Å². The molecule has 1 aliphatic heterocycles. The van der Waals surface area contributed by atoms with Crippen LogP contribution >= 0.6 is 0 Å². The van der Waals surface area contributed by atoms with Gasteiger partial charge in [0.05, 0.1) is 12.7 Å². The molecule has 21 heavy (non-hydrogen) atoms. The van der Waals surface area contributed by atoms with Gasteiger partial charge in [-0.1, -0.05) is 12.1 Å². The third-order valence-corrected chi connectivity index (χ3v) is 3.99. The van der Waals surface area contributed by atoms with Gasteiger partial charge >= 0.3 is 0 Å². The van der Waals surface area contributed by atoms with Gasteiger partial charge in [-0.05, 0) is 37.0 Å². The molecule has 0 spiro atoms. The largest absolute Gasteiger partial charge is 0.383 e. The van der Waals surface area contributed by atoms with Gasteiger partial charge in [-0.3, -0.25) is 0 Å². The minimum Gasteiger partial charge on any atom is -0.383 e. The molecule has 0 amide bonds. The zero-order valence-electron chi connectivity index (χ0n) is 13.5. The normalized spacial score (nSPS) is 18.1. The van der Waals surface area contributed by atoms with Gasteiger partial charge in [-0.2, -0.15) is 0 Å². The minimum absolute atomic E-state index is 0.393. The number of likely N-dealkylation sites (N-methyl/N-ethyl adjacent to an activating group) is 1. The molecule has 1 aromatic rings. The van der Waals surface area contributed by atoms with Crippen molar-refractivity contribution in [3.63, 3.8) is 0 Å². The maximum atomic E-state index is 5.72. The Hall–Kier alpha value is -1.10. The zero-order valence-corrected chi connectivity index (χ0v) is 13.5. The van der Waals surface area contributed by atoms with Crippen molar-refractivity contribution < 1.29 is 9.47 Å². The van der Waals surface area contributed by atoms with Gasteiger partial charge in [-0.15, -0.1) is 0 Å². The van der Waals surface area contributed by atoms with Crippen LogP contribution in [0.4, 0.5) is 5.69 Å². The molecule has 2 rings (SSSR count). The Labute approximate surface area is 128 Å². The van der Waals surface area contributed by atoms with Gasteiger partial charge in [0.15, 0.2) is 0 Å². The maximum Gasteiger partial charge on any atom is 0.0750 e. The van der Waals surface area contributed by atoms with E-state index in [2.05, 4.69) is 42.4 Å². The van der Waals surface area contributed by atoms with Gasteiger partial charge in [0, 0.05) is 46.1 Å². The summed E-state index contributed by atoms with van der Waals surface area (Å²) in [5.41, 5.74) is 3.94. The molecule has 1 atom stereocenters. The van der Waals surface area contributed by atoms with E-state index in [9.17, 15) is 0 Å². The summed E-state index contributed by atoms with van der Waals surface area (Å²) in [5, 5.41) is 3.38. The topological polar surface area (TPSA) is 33.7 Å². The predicted molar refractivity (Wildman–Crippen MR) is 87.0 cm³/mol. The van der Waals surface area contributed by atoms with E-state index in [-0.39, 0.29) is 0 Å². The van der Waals surface area contributed by atoms with E-state index in [4.69, 9.17) is 9.47 Å². The molecule has 1 N–H and O–H groups in total. The summed E-state index contributed by atoms with van der Waals surface area (Å²) in [4.78, 5) is 2.31. The summed E-state index contributed by atoms with van der Waals surface area (Å²) in [5.74, 6) is 0. The summed E-state index contributed by atoms with van der Waals surface area (Å²) >= 11 is 0. The molecule has 1 aromatic carbocycles. The second kappa shape index (κ2) is 8.37. The van der Waals surface area contributed by atoms with E-state index in [0.717, 1.165) is 32.8 Å². The molecule has 1 saturated heterocycles. The Morgan fingerprint density at radius 1 is 1.43 bits per heavy atom. The van der Waals surface area contributed by atoms with Crippen LogP contribution in [-0.4, -0.2) is 46.6 Å². The number of hydrogen-bond donors (Lipinski definition) is 1. The average Bonchev–Trinajstić information content (AvgIpc) is 2.96. The summed E-state index contributed by atoms with van der Waals surface area (Å²) in [6.45, 7) is 6.60. The van der Waals surface area contributed by atoms with Crippen molar-refractivity contribution in [2.45, 2.75) is 32.4 Å². The van der Waals surface area contributed by atoms with Crippen molar-refractivity contribution in [1.82, 2.24) is 5.32 Å². The Kier molecular flexibility index (Phi) is 6.49. The summed E-state index contributed by atoms with van der Waals surface area (Å²) in [6.07, 6.45) is 2.78. The molecule has 118 valence electrons. The Balaban J connectivity index is 1.88. The summed E-state index contributed by atoms with van der Waals surface area (Å²) in [7, 11) is 3.88. The number of hydrogen-bond acceptors (Lipinski definition) is 4. The first-order valence-electron chi connectivity index (χ1n) is 7.82. The monoisotopic (exact) mass is 292 g/mol. The van der Waals surface area contributed by atoms with E-state index >= 15 is 0 Å². The minimum atomic E-state index is 0.393. The van der Waals surface area contributed by atoms with Crippen molar-refractivity contribution in [2.24, 2.45) is 0 Å². The lowest BCUT2D eigenvalue weighted by Crippen LogP contribution is -2.29. The van der Waals surface area contributed by atoms with Gasteiger partial charge in [0.25, 0.3) is 0 Å². The van der Waals surface area contributed by atoms with Crippen LogP contribution in [0.2, 0.25) is 0 Å². The first kappa shape index (κ1) is 16.3. The highest BCUT2D eigenvalue weighted by Crippen LogP contribution is 2.22. The molecule has 4 nitrogen and oxygen atoms in total. The first-order valence-corrected chi connectivity index (χ1v) is 7.82.